The van der Waals surface area contributed by atoms with E-state index in [9.17, 15) is 14.9 Å². The summed E-state index contributed by atoms with van der Waals surface area (Å²) in [6, 6.07) is 6.34. The minimum Gasteiger partial charge on any atom is -0.444 e. The van der Waals surface area contributed by atoms with Gasteiger partial charge in [-0.1, -0.05) is 48.5 Å². The van der Waals surface area contributed by atoms with Gasteiger partial charge in [-0.3, -0.25) is 5.32 Å². The molecule has 3 heterocycles. The summed E-state index contributed by atoms with van der Waals surface area (Å²) in [6.07, 6.45) is -1.22. The van der Waals surface area contributed by atoms with E-state index in [1.165, 1.54) is 18.2 Å². The molecule has 0 saturated carbocycles. The Kier molecular flexibility index (Phi) is 10.3. The van der Waals surface area contributed by atoms with Crippen molar-refractivity contribution in [1.82, 2.24) is 14.9 Å². The average molecular weight is 753 g/mol. The zero-order chi connectivity index (χ0) is 37.6. The molecule has 0 atom stereocenters. The number of carbonyl (C=O) groups is 2. The molecule has 10 nitrogen and oxygen atoms in total. The molecule has 2 amide bonds. The first-order chi connectivity index (χ1) is 23.7. The molecular weight excluding hydrogens is 714 g/mol. The first-order valence-corrected chi connectivity index (χ1v) is 21.0. The Bertz CT molecular complexity index is 2170. The number of amides is 2. The Balaban J connectivity index is 1.67. The lowest BCUT2D eigenvalue weighted by Gasteiger charge is -2.37. The summed E-state index contributed by atoms with van der Waals surface area (Å²) in [7, 11) is -1.97. The van der Waals surface area contributed by atoms with Crippen LogP contribution in [0.4, 0.5) is 29.2 Å². The third kappa shape index (κ3) is 8.52. The van der Waals surface area contributed by atoms with Crippen LogP contribution in [0.2, 0.25) is 24.7 Å². The Morgan fingerprint density at radius 1 is 1.00 bits per heavy atom. The van der Waals surface area contributed by atoms with Crippen LogP contribution in [0.15, 0.2) is 18.2 Å². The number of hydrogen-bond acceptors (Lipinski definition) is 9. The molecule has 0 unspecified atom stereocenters. The smallest absolute Gasteiger partial charge is 0.413 e. The summed E-state index contributed by atoms with van der Waals surface area (Å²) >= 11 is 7.74. The Hall–Kier alpha value is -4.50. The molecular formula is C36H39ClF2N6O4SSi. The molecule has 2 aromatic carbocycles. The second-order valence-corrected chi connectivity index (χ2v) is 21.3. The van der Waals surface area contributed by atoms with Gasteiger partial charge < -0.3 is 19.3 Å². The zero-order valence-electron chi connectivity index (χ0n) is 30.0. The molecule has 1 aliphatic heterocycles. The summed E-state index contributed by atoms with van der Waals surface area (Å²) in [5, 5.41) is 13.3. The fourth-order valence-corrected chi connectivity index (χ4v) is 7.06. The van der Waals surface area contributed by atoms with E-state index in [-0.39, 0.29) is 53.7 Å². The number of nitrogens with zero attached hydrogens (tertiary/aromatic N) is 5. The second-order valence-electron chi connectivity index (χ2n) is 15.1. The van der Waals surface area contributed by atoms with Gasteiger partial charge in [-0.25, -0.2) is 28.3 Å². The molecule has 0 aliphatic carbocycles. The van der Waals surface area contributed by atoms with E-state index >= 15 is 8.78 Å². The number of rotatable bonds is 3. The summed E-state index contributed by atoms with van der Waals surface area (Å²) < 4.78 is 43.1. The van der Waals surface area contributed by atoms with Crippen LogP contribution in [-0.4, -0.2) is 72.5 Å². The normalized spacial score (nSPS) is 13.9. The topological polar surface area (TPSA) is 121 Å². The lowest BCUT2D eigenvalue weighted by Crippen LogP contribution is -2.50. The molecule has 5 rings (SSSR count). The SMILES string of the molecule is CC(C)(C)OC(=O)Nc1nc2c(-c3c(Cl)cc4c(N5CCN(C(=O)OC(C)(C)C)CC5)c(C#N)c(C#C[Si](C)(C)C)nc4c3F)ccc(F)c2s1. The van der Waals surface area contributed by atoms with Crippen molar-refractivity contribution in [3.05, 3.63) is 46.1 Å². The van der Waals surface area contributed by atoms with E-state index in [1.807, 2.05) is 24.5 Å². The molecule has 2 aromatic heterocycles. The van der Waals surface area contributed by atoms with E-state index in [1.54, 1.807) is 46.4 Å². The van der Waals surface area contributed by atoms with Crippen molar-refractivity contribution in [3.63, 3.8) is 0 Å². The van der Waals surface area contributed by atoms with E-state index in [2.05, 4.69) is 32.8 Å². The quantitative estimate of drug-likeness (QED) is 0.163. The van der Waals surface area contributed by atoms with Crippen LogP contribution < -0.4 is 10.2 Å². The van der Waals surface area contributed by atoms with Gasteiger partial charge in [0.1, 0.15) is 47.9 Å². The van der Waals surface area contributed by atoms with E-state index < -0.39 is 43.1 Å². The monoisotopic (exact) mass is 752 g/mol. The Morgan fingerprint density at radius 2 is 1.65 bits per heavy atom. The molecule has 1 fully saturated rings. The standard InChI is InChI=1S/C36H39ClF2N6O4SSi/c1-35(2,3)48-33(46)43-32-42-29-20(10-11-24(38)31(29)50-32)26-23(37)18-21-28(27(26)39)41-25(12-17-51(7,8)9)22(19-40)30(21)44-13-15-45(16-14-44)34(47)49-36(4,5)6/h10-11,18H,13-16H2,1-9H3,(H,42,43,46). The van der Waals surface area contributed by atoms with Crippen molar-refractivity contribution >= 4 is 75.1 Å². The van der Waals surface area contributed by atoms with Crippen molar-refractivity contribution in [2.24, 2.45) is 0 Å². The molecule has 0 bridgehead atoms. The van der Waals surface area contributed by atoms with Crippen LogP contribution >= 0.6 is 22.9 Å². The van der Waals surface area contributed by atoms with Gasteiger partial charge in [-0.2, -0.15) is 5.26 Å². The number of anilines is 2. The number of aromatic nitrogens is 2. The lowest BCUT2D eigenvalue weighted by molar-refractivity contribution is 0.0240. The summed E-state index contributed by atoms with van der Waals surface area (Å²) in [5.41, 5.74) is 2.58. The number of piperazine rings is 1. The molecule has 1 N–H and O–H groups in total. The maximum absolute atomic E-state index is 17.0. The number of ether oxygens (including phenoxy) is 2. The van der Waals surface area contributed by atoms with Crippen molar-refractivity contribution in [2.45, 2.75) is 72.4 Å². The number of thiazole rings is 1. The van der Waals surface area contributed by atoms with Crippen molar-refractivity contribution < 1.29 is 27.8 Å². The third-order valence-electron chi connectivity index (χ3n) is 7.43. The number of nitrogens with one attached hydrogen (secondary N) is 1. The molecule has 1 aliphatic rings. The maximum Gasteiger partial charge on any atom is 0.413 e. The minimum absolute atomic E-state index is 0.0252. The highest BCUT2D eigenvalue weighted by Crippen LogP contribution is 2.44. The first-order valence-electron chi connectivity index (χ1n) is 16.3. The van der Waals surface area contributed by atoms with Crippen LogP contribution in [0.25, 0.3) is 32.2 Å². The van der Waals surface area contributed by atoms with Gasteiger partial charge in [0.25, 0.3) is 0 Å². The van der Waals surface area contributed by atoms with Gasteiger partial charge in [-0.05, 0) is 59.7 Å². The molecule has 4 aromatic rings. The zero-order valence-corrected chi connectivity index (χ0v) is 32.5. The maximum atomic E-state index is 17.0. The average Bonchev–Trinajstić information content (AvgIpc) is 3.43. The van der Waals surface area contributed by atoms with Crippen LogP contribution in [0.3, 0.4) is 0 Å². The first kappa shape index (κ1) is 37.7. The van der Waals surface area contributed by atoms with Gasteiger partial charge in [0.15, 0.2) is 10.9 Å². The third-order valence-corrected chi connectivity index (χ3v) is 9.59. The molecule has 268 valence electrons. The van der Waals surface area contributed by atoms with Crippen LogP contribution in [0, 0.1) is 34.4 Å². The molecule has 0 spiro atoms. The summed E-state index contributed by atoms with van der Waals surface area (Å²) in [5.74, 6) is 1.63. The number of carbonyl (C=O) groups excluding carboxylic acids is 2. The number of halogens is 3. The van der Waals surface area contributed by atoms with Crippen LogP contribution in [0.1, 0.15) is 52.8 Å². The molecule has 15 heteroatoms. The van der Waals surface area contributed by atoms with Gasteiger partial charge in [0.2, 0.25) is 0 Å². The van der Waals surface area contributed by atoms with Gasteiger partial charge >= 0.3 is 12.2 Å². The van der Waals surface area contributed by atoms with Gasteiger partial charge in [0, 0.05) is 42.7 Å². The van der Waals surface area contributed by atoms with Crippen LogP contribution in [0.5, 0.6) is 0 Å². The number of fused-ring (bicyclic) bond motifs is 2. The fraction of sp³-hybridized carbons (Fsp3) is 0.417. The van der Waals surface area contributed by atoms with Crippen LogP contribution in [-0.2, 0) is 9.47 Å². The second kappa shape index (κ2) is 13.9. The highest BCUT2D eigenvalue weighted by Gasteiger charge is 2.31. The van der Waals surface area contributed by atoms with E-state index in [0.717, 1.165) is 11.3 Å². The van der Waals surface area contributed by atoms with Crippen molar-refractivity contribution in [3.8, 4) is 28.7 Å². The van der Waals surface area contributed by atoms with Gasteiger partial charge in [-0.15, -0.1) is 5.54 Å². The highest BCUT2D eigenvalue weighted by molar-refractivity contribution is 7.22. The lowest BCUT2D eigenvalue weighted by atomic mass is 9.98. The Labute approximate surface area is 305 Å². The van der Waals surface area contributed by atoms with E-state index in [0.29, 0.717) is 31.9 Å². The minimum atomic E-state index is -1.97. The number of nitriles is 1. The molecule has 0 radical (unpaired) electrons. The summed E-state index contributed by atoms with van der Waals surface area (Å²) in [6.45, 7) is 17.9. The largest absolute Gasteiger partial charge is 0.444 e. The molecule has 51 heavy (non-hydrogen) atoms. The summed E-state index contributed by atoms with van der Waals surface area (Å²) in [4.78, 5) is 37.8. The highest BCUT2D eigenvalue weighted by atomic mass is 35.5. The predicted octanol–water partition coefficient (Wildman–Crippen LogP) is 8.95. The number of benzene rings is 2. The van der Waals surface area contributed by atoms with E-state index in [4.69, 9.17) is 21.1 Å². The molecule has 1 saturated heterocycles. The predicted molar refractivity (Wildman–Crippen MR) is 200 cm³/mol. The van der Waals surface area contributed by atoms with Crippen molar-refractivity contribution in [2.75, 3.05) is 36.4 Å². The number of hydrogen-bond donors (Lipinski definition) is 1. The fourth-order valence-electron chi connectivity index (χ4n) is 5.39. The van der Waals surface area contributed by atoms with Gasteiger partial charge in [0.05, 0.1) is 20.9 Å². The Morgan fingerprint density at radius 3 is 2.24 bits per heavy atom. The van der Waals surface area contributed by atoms with Crippen molar-refractivity contribution in [1.29, 1.82) is 5.26 Å². The number of pyridine rings is 1.